The van der Waals surface area contributed by atoms with Crippen LogP contribution in [-0.4, -0.2) is 29.7 Å². The lowest BCUT2D eigenvalue weighted by molar-refractivity contribution is 0.0531. The fourth-order valence-corrected chi connectivity index (χ4v) is 5.79. The van der Waals surface area contributed by atoms with Gasteiger partial charge in [0.05, 0.1) is 29.3 Å². The number of carbonyl (C=O) groups excluding carboxylic acids is 2. The molecule has 0 N–H and O–H groups in total. The first kappa shape index (κ1) is 24.3. The Labute approximate surface area is 216 Å². The number of hydrogen-bond acceptors (Lipinski definition) is 8. The highest BCUT2D eigenvalue weighted by Gasteiger charge is 2.45. The molecule has 0 saturated heterocycles. The number of aryl methyl sites for hydroxylation is 3. The Balaban J connectivity index is 1.75. The van der Waals surface area contributed by atoms with Crippen molar-refractivity contribution in [3.05, 3.63) is 85.2 Å². The van der Waals surface area contributed by atoms with Crippen LogP contribution in [0.5, 0.6) is 0 Å². The molecule has 0 aliphatic carbocycles. The Morgan fingerprint density at radius 1 is 1.14 bits per heavy atom. The normalized spacial score (nSPS) is 15.0. The number of rotatable bonds is 5. The van der Waals surface area contributed by atoms with E-state index in [1.807, 2.05) is 50.4 Å². The molecule has 1 aliphatic rings. The molecule has 184 valence electrons. The third kappa shape index (κ3) is 3.83. The fourth-order valence-electron chi connectivity index (χ4n) is 4.40. The van der Waals surface area contributed by atoms with Crippen molar-refractivity contribution in [2.75, 3.05) is 17.8 Å². The summed E-state index contributed by atoms with van der Waals surface area (Å²) in [7, 11) is 0. The van der Waals surface area contributed by atoms with Crippen LogP contribution < -0.4 is 10.3 Å². The van der Waals surface area contributed by atoms with Gasteiger partial charge in [0.2, 0.25) is 5.76 Å². The number of aromatic nitrogens is 1. The number of ether oxygens (including phenoxy) is 1. The lowest BCUT2D eigenvalue weighted by Gasteiger charge is -2.22. The van der Waals surface area contributed by atoms with E-state index in [1.54, 1.807) is 31.7 Å². The van der Waals surface area contributed by atoms with E-state index in [2.05, 4.69) is 4.98 Å². The Morgan fingerprint density at radius 3 is 2.50 bits per heavy atom. The molecule has 0 bridgehead atoms. The average Bonchev–Trinajstić information content (AvgIpc) is 3.38. The summed E-state index contributed by atoms with van der Waals surface area (Å²) in [6, 6.07) is 10.6. The molecule has 9 heteroatoms. The second kappa shape index (κ2) is 9.22. The standard InChI is InChI=1S/C27H24N2O5S2/c1-6-33-26(32)24-15(4)28-27(36-24)29-21(16-7-9-17(35-5)10-8-16)20-22(30)18-11-13(2)14(3)12-19(18)34-23(20)25(29)31/h7-12,21H,6H2,1-5H3. The zero-order valence-electron chi connectivity index (χ0n) is 20.5. The van der Waals surface area contributed by atoms with Crippen LogP contribution in [0.25, 0.3) is 11.0 Å². The molecule has 7 nitrogen and oxygen atoms in total. The molecule has 5 rings (SSSR count). The Kier molecular flexibility index (Phi) is 6.22. The van der Waals surface area contributed by atoms with Gasteiger partial charge in [-0.2, -0.15) is 0 Å². The van der Waals surface area contributed by atoms with Gasteiger partial charge in [-0.3, -0.25) is 14.5 Å². The number of nitrogens with zero attached hydrogens (tertiary/aromatic N) is 2. The van der Waals surface area contributed by atoms with E-state index in [0.717, 1.165) is 32.9 Å². The zero-order valence-corrected chi connectivity index (χ0v) is 22.1. The van der Waals surface area contributed by atoms with Crippen molar-refractivity contribution >= 4 is 51.1 Å². The van der Waals surface area contributed by atoms with Crippen molar-refractivity contribution in [2.45, 2.75) is 38.6 Å². The van der Waals surface area contributed by atoms with Gasteiger partial charge in [-0.1, -0.05) is 23.5 Å². The number of carbonyl (C=O) groups is 2. The quantitative estimate of drug-likeness (QED) is 0.242. The van der Waals surface area contributed by atoms with Crippen LogP contribution in [0.4, 0.5) is 5.13 Å². The first-order chi connectivity index (χ1) is 17.2. The van der Waals surface area contributed by atoms with Crippen LogP contribution in [0.3, 0.4) is 0 Å². The molecule has 36 heavy (non-hydrogen) atoms. The third-order valence-electron chi connectivity index (χ3n) is 6.37. The topological polar surface area (TPSA) is 89.7 Å². The first-order valence-corrected chi connectivity index (χ1v) is 13.5. The lowest BCUT2D eigenvalue weighted by Crippen LogP contribution is -2.29. The van der Waals surface area contributed by atoms with Crippen molar-refractivity contribution in [3.63, 3.8) is 0 Å². The van der Waals surface area contributed by atoms with E-state index >= 15 is 0 Å². The van der Waals surface area contributed by atoms with Gasteiger partial charge >= 0.3 is 5.97 Å². The van der Waals surface area contributed by atoms with Gasteiger partial charge in [0.15, 0.2) is 10.6 Å². The van der Waals surface area contributed by atoms with Crippen molar-refractivity contribution < 1.29 is 18.7 Å². The van der Waals surface area contributed by atoms with Crippen molar-refractivity contribution in [1.29, 1.82) is 0 Å². The molecule has 3 heterocycles. The van der Waals surface area contributed by atoms with E-state index in [4.69, 9.17) is 9.15 Å². The second-order valence-electron chi connectivity index (χ2n) is 8.59. The van der Waals surface area contributed by atoms with Gasteiger partial charge in [-0.05, 0) is 74.9 Å². The molecule has 1 amide bonds. The van der Waals surface area contributed by atoms with Crippen LogP contribution in [0.15, 0.2) is 50.5 Å². The van der Waals surface area contributed by atoms with Crippen molar-refractivity contribution in [1.82, 2.24) is 4.98 Å². The van der Waals surface area contributed by atoms with E-state index in [-0.39, 0.29) is 23.4 Å². The summed E-state index contributed by atoms with van der Waals surface area (Å²) in [6.45, 7) is 7.53. The van der Waals surface area contributed by atoms with Crippen LogP contribution >= 0.6 is 23.1 Å². The maximum atomic E-state index is 13.8. The van der Waals surface area contributed by atoms with Crippen LogP contribution in [0.2, 0.25) is 0 Å². The van der Waals surface area contributed by atoms with Crippen molar-refractivity contribution in [3.8, 4) is 0 Å². The Bertz CT molecular complexity index is 1590. The average molecular weight is 521 g/mol. The number of thioether (sulfide) groups is 1. The summed E-state index contributed by atoms with van der Waals surface area (Å²) < 4.78 is 11.3. The number of hydrogen-bond donors (Lipinski definition) is 0. The molecule has 0 spiro atoms. The number of esters is 1. The number of benzene rings is 2. The largest absolute Gasteiger partial charge is 0.462 e. The maximum absolute atomic E-state index is 13.8. The molecule has 4 aromatic rings. The Morgan fingerprint density at radius 2 is 1.83 bits per heavy atom. The molecule has 0 fully saturated rings. The summed E-state index contributed by atoms with van der Waals surface area (Å²) in [5.41, 5.74) is 3.54. The predicted octanol–water partition coefficient (Wildman–Crippen LogP) is 5.82. The molecule has 0 saturated carbocycles. The van der Waals surface area contributed by atoms with E-state index < -0.39 is 17.9 Å². The number of fused-ring (bicyclic) bond motifs is 2. The summed E-state index contributed by atoms with van der Waals surface area (Å²) >= 11 is 2.67. The second-order valence-corrected chi connectivity index (χ2v) is 10.4. The highest BCUT2D eigenvalue weighted by atomic mass is 32.2. The zero-order chi connectivity index (χ0) is 25.7. The molecular weight excluding hydrogens is 496 g/mol. The minimum absolute atomic E-state index is 0.000217. The molecule has 2 aromatic heterocycles. The van der Waals surface area contributed by atoms with Gasteiger partial charge < -0.3 is 9.15 Å². The summed E-state index contributed by atoms with van der Waals surface area (Å²) in [5, 5.41) is 0.737. The molecule has 1 unspecified atom stereocenters. The minimum atomic E-state index is -0.744. The van der Waals surface area contributed by atoms with Gasteiger partial charge in [0, 0.05) is 4.90 Å². The van der Waals surface area contributed by atoms with Gasteiger partial charge in [-0.15, -0.1) is 11.8 Å². The number of thiazole rings is 1. The summed E-state index contributed by atoms with van der Waals surface area (Å²) in [4.78, 5) is 47.5. The summed E-state index contributed by atoms with van der Waals surface area (Å²) in [5.74, 6) is -0.958. The smallest absolute Gasteiger partial charge is 0.350 e. The first-order valence-electron chi connectivity index (χ1n) is 11.4. The van der Waals surface area contributed by atoms with Gasteiger partial charge in [-0.25, -0.2) is 9.78 Å². The van der Waals surface area contributed by atoms with Crippen LogP contribution in [0, 0.1) is 20.8 Å². The van der Waals surface area contributed by atoms with Gasteiger partial charge in [0.25, 0.3) is 5.91 Å². The van der Waals surface area contributed by atoms with Crippen molar-refractivity contribution in [2.24, 2.45) is 0 Å². The number of amides is 1. The molecule has 1 aliphatic heterocycles. The van der Waals surface area contributed by atoms with E-state index in [1.165, 1.54) is 4.90 Å². The molecule has 2 aromatic carbocycles. The number of anilines is 1. The predicted molar refractivity (Wildman–Crippen MR) is 142 cm³/mol. The lowest BCUT2D eigenvalue weighted by atomic mass is 9.97. The maximum Gasteiger partial charge on any atom is 0.350 e. The highest BCUT2D eigenvalue weighted by molar-refractivity contribution is 7.98. The fraction of sp³-hybridized carbons (Fsp3) is 0.259. The van der Waals surface area contributed by atoms with Gasteiger partial charge in [0.1, 0.15) is 10.5 Å². The molecule has 0 radical (unpaired) electrons. The third-order valence-corrected chi connectivity index (χ3v) is 8.25. The highest BCUT2D eigenvalue weighted by Crippen LogP contribution is 2.43. The summed E-state index contributed by atoms with van der Waals surface area (Å²) in [6.07, 6.45) is 1.98. The van der Waals surface area contributed by atoms with E-state index in [0.29, 0.717) is 26.7 Å². The SMILES string of the molecule is CCOC(=O)c1sc(N2C(=O)c3oc4cc(C)c(C)cc4c(=O)c3C2c2ccc(SC)cc2)nc1C. The molecule has 1 atom stereocenters. The minimum Gasteiger partial charge on any atom is -0.462 e. The van der Waals surface area contributed by atoms with E-state index in [9.17, 15) is 14.4 Å². The van der Waals surface area contributed by atoms with Crippen LogP contribution in [-0.2, 0) is 4.74 Å². The molecular formula is C27H24N2O5S2. The monoisotopic (exact) mass is 520 g/mol. The van der Waals surface area contributed by atoms with Crippen LogP contribution in [0.1, 0.15) is 61.1 Å². The Hall–Kier alpha value is -3.43.